The quantitative estimate of drug-likeness (QED) is 0.0829. The second-order valence-corrected chi connectivity index (χ2v) is 9.96. The molecule has 0 saturated heterocycles. The van der Waals surface area contributed by atoms with Crippen molar-refractivity contribution in [1.82, 2.24) is 15.7 Å². The van der Waals surface area contributed by atoms with Gasteiger partial charge in [-0.05, 0) is 30.7 Å². The van der Waals surface area contributed by atoms with E-state index in [1.807, 2.05) is 6.92 Å². The van der Waals surface area contributed by atoms with Crippen molar-refractivity contribution in [2.75, 3.05) is 27.4 Å². The molecule has 0 aliphatic rings. The number of furan rings is 1. The van der Waals surface area contributed by atoms with Crippen molar-refractivity contribution in [2.24, 2.45) is 5.92 Å². The lowest BCUT2D eigenvalue weighted by Gasteiger charge is -2.19. The summed E-state index contributed by atoms with van der Waals surface area (Å²) < 4.78 is 28.3. The first-order valence-corrected chi connectivity index (χ1v) is 12.7. The van der Waals surface area contributed by atoms with E-state index in [0.717, 1.165) is 19.3 Å². The van der Waals surface area contributed by atoms with Gasteiger partial charge in [-0.15, -0.1) is 0 Å². The molecule has 0 fully saturated rings. The van der Waals surface area contributed by atoms with Crippen molar-refractivity contribution >= 4 is 31.1 Å². The molecule has 0 bridgehead atoms. The fourth-order valence-electron chi connectivity index (χ4n) is 3.39. The minimum atomic E-state index is -3.45. The van der Waals surface area contributed by atoms with Crippen LogP contribution in [-0.4, -0.2) is 55.9 Å². The van der Waals surface area contributed by atoms with Crippen LogP contribution in [0.15, 0.2) is 40.8 Å². The number of rotatable bonds is 15. The van der Waals surface area contributed by atoms with Gasteiger partial charge in [0.05, 0.1) is 24.4 Å². The van der Waals surface area contributed by atoms with Gasteiger partial charge in [-0.2, -0.15) is 0 Å². The van der Waals surface area contributed by atoms with Crippen LogP contribution in [-0.2, 0) is 23.2 Å². The molecule has 0 saturated carbocycles. The van der Waals surface area contributed by atoms with Crippen LogP contribution in [0.25, 0.3) is 11.3 Å². The summed E-state index contributed by atoms with van der Waals surface area (Å²) in [5.41, 5.74) is 0.572. The maximum absolute atomic E-state index is 12.6. The van der Waals surface area contributed by atoms with Crippen LogP contribution in [0.3, 0.4) is 0 Å². The Kier molecular flexibility index (Phi) is 11.1. The molecule has 3 amide bonds. The topological polar surface area (TPSA) is 147 Å². The number of unbranched alkanes of at least 4 members (excludes halogenated alkanes) is 2. The lowest BCUT2D eigenvalue weighted by atomic mass is 10.0. The van der Waals surface area contributed by atoms with Gasteiger partial charge in [0.15, 0.2) is 5.76 Å². The van der Waals surface area contributed by atoms with Gasteiger partial charge in [0, 0.05) is 19.8 Å². The van der Waals surface area contributed by atoms with Crippen LogP contribution < -0.4 is 15.9 Å². The van der Waals surface area contributed by atoms with Gasteiger partial charge in [-0.3, -0.25) is 24.2 Å². The lowest BCUT2D eigenvalue weighted by Crippen LogP contribution is -2.42. The third-order valence-corrected chi connectivity index (χ3v) is 7.20. The highest BCUT2D eigenvalue weighted by Gasteiger charge is 2.25. The number of carbonyl (C=O) groups excluding carboxylic acids is 3. The average molecular weight is 509 g/mol. The Labute approximate surface area is 204 Å². The molecule has 11 nitrogen and oxygen atoms in total. The minimum Gasteiger partial charge on any atom is -0.451 e. The molecular formula is C23H32N3O8P. The lowest BCUT2D eigenvalue weighted by molar-refractivity contribution is -0.154. The van der Waals surface area contributed by atoms with E-state index in [9.17, 15) is 24.2 Å². The fourth-order valence-corrected chi connectivity index (χ4v) is 4.52. The van der Waals surface area contributed by atoms with E-state index in [4.69, 9.17) is 13.5 Å². The molecule has 12 heteroatoms. The highest BCUT2D eigenvalue weighted by Crippen LogP contribution is 2.45. The third-order valence-electron chi connectivity index (χ3n) is 5.33. The van der Waals surface area contributed by atoms with E-state index in [1.165, 1.54) is 20.3 Å². The largest absolute Gasteiger partial charge is 0.451 e. The Morgan fingerprint density at radius 2 is 1.91 bits per heavy atom. The Morgan fingerprint density at radius 3 is 2.57 bits per heavy atom. The first-order chi connectivity index (χ1) is 16.8. The number of benzene rings is 1. The summed E-state index contributed by atoms with van der Waals surface area (Å²) in [5.74, 6) is -1.16. The van der Waals surface area contributed by atoms with Crippen LogP contribution in [0, 0.1) is 5.92 Å². The summed E-state index contributed by atoms with van der Waals surface area (Å²) >= 11 is 0. The zero-order valence-electron chi connectivity index (χ0n) is 20.1. The van der Waals surface area contributed by atoms with Gasteiger partial charge in [0.2, 0.25) is 12.3 Å². The van der Waals surface area contributed by atoms with Crippen molar-refractivity contribution in [3.05, 3.63) is 42.2 Å². The van der Waals surface area contributed by atoms with Crippen molar-refractivity contribution in [3.8, 4) is 11.3 Å². The molecule has 35 heavy (non-hydrogen) atoms. The second-order valence-electron chi connectivity index (χ2n) is 7.72. The Morgan fingerprint density at radius 1 is 1.17 bits per heavy atom. The number of hydroxylamine groups is 2. The van der Waals surface area contributed by atoms with E-state index in [0.29, 0.717) is 28.1 Å². The molecule has 0 aliphatic carbocycles. The van der Waals surface area contributed by atoms with Crippen LogP contribution >= 0.6 is 7.60 Å². The summed E-state index contributed by atoms with van der Waals surface area (Å²) in [6.45, 7) is 1.74. The number of nitrogens with one attached hydrogen (secondary N) is 2. The fraction of sp³-hybridized carbons (Fsp3) is 0.435. The molecule has 0 aliphatic heterocycles. The van der Waals surface area contributed by atoms with Crippen LogP contribution in [0.5, 0.6) is 0 Å². The van der Waals surface area contributed by atoms with Gasteiger partial charge in [0.1, 0.15) is 5.76 Å². The maximum atomic E-state index is 12.6. The molecule has 0 radical (unpaired) electrons. The third kappa shape index (κ3) is 8.03. The summed E-state index contributed by atoms with van der Waals surface area (Å²) in [4.78, 5) is 35.6. The molecule has 0 spiro atoms. The molecule has 3 N–H and O–H groups in total. The molecule has 1 atom stereocenters. The molecule has 1 aromatic carbocycles. The maximum Gasteiger partial charge on any atom is 0.360 e. The van der Waals surface area contributed by atoms with Crippen LogP contribution in [0.1, 0.15) is 43.2 Å². The Bertz CT molecular complexity index is 1030. The van der Waals surface area contributed by atoms with Crippen molar-refractivity contribution in [3.63, 3.8) is 0 Å². The monoisotopic (exact) mass is 509 g/mol. The molecule has 1 aromatic heterocycles. The molecule has 1 heterocycles. The van der Waals surface area contributed by atoms with Crippen molar-refractivity contribution in [1.29, 1.82) is 0 Å². The average Bonchev–Trinajstić information content (AvgIpc) is 3.38. The molecular weight excluding hydrogens is 477 g/mol. The van der Waals surface area contributed by atoms with Crippen molar-refractivity contribution < 1.29 is 37.6 Å². The van der Waals surface area contributed by atoms with Gasteiger partial charge in [-0.25, -0.2) is 5.06 Å². The SMILES string of the molecule is CCCCC[C@H](CN(O)C=O)C(=O)NCNC(=O)c1ccc(-c2cccc(P(=O)(OC)OC)c2)o1. The Balaban J connectivity index is 1.98. The van der Waals surface area contributed by atoms with Gasteiger partial charge in [-0.1, -0.05) is 38.3 Å². The number of hydrogen-bond donors (Lipinski definition) is 3. The highest BCUT2D eigenvalue weighted by atomic mass is 31.2. The predicted octanol–water partition coefficient (Wildman–Crippen LogP) is 2.91. The number of hydrogen-bond acceptors (Lipinski definition) is 8. The van der Waals surface area contributed by atoms with Crippen LogP contribution in [0.4, 0.5) is 0 Å². The van der Waals surface area contributed by atoms with Gasteiger partial charge < -0.3 is 24.1 Å². The number of carbonyl (C=O) groups is 3. The van der Waals surface area contributed by atoms with E-state index < -0.39 is 19.4 Å². The number of amides is 3. The van der Waals surface area contributed by atoms with Gasteiger partial charge >= 0.3 is 7.60 Å². The number of nitrogens with zero attached hydrogens (tertiary/aromatic N) is 1. The van der Waals surface area contributed by atoms with E-state index in [2.05, 4.69) is 10.6 Å². The summed E-state index contributed by atoms with van der Waals surface area (Å²) in [7, 11) is -0.861. The van der Waals surface area contributed by atoms with Crippen molar-refractivity contribution in [2.45, 2.75) is 32.6 Å². The minimum absolute atomic E-state index is 0.0169. The second kappa shape index (κ2) is 13.8. The van der Waals surface area contributed by atoms with Gasteiger partial charge in [0.25, 0.3) is 5.91 Å². The highest BCUT2D eigenvalue weighted by molar-refractivity contribution is 7.62. The molecule has 0 unspecified atom stereocenters. The molecule has 2 rings (SSSR count). The Hall–Kier alpha value is -2.98. The molecule has 192 valence electrons. The molecule has 2 aromatic rings. The predicted molar refractivity (Wildman–Crippen MR) is 128 cm³/mol. The standard InChI is InChI=1S/C23H32N3O8P/c1-4-5-6-8-18(14-26(30)16-27)22(28)24-15-25-23(29)21-12-11-20(34-21)17-9-7-10-19(13-17)35(31,32-2)33-3/h7,9-13,16,18,30H,4-6,8,14-15H2,1-3H3,(H,24,28)(H,25,29)/t18-/m1/s1. The van der Waals surface area contributed by atoms with E-state index in [-0.39, 0.29) is 31.3 Å². The zero-order chi connectivity index (χ0) is 25.8. The first kappa shape index (κ1) is 28.3. The summed E-state index contributed by atoms with van der Waals surface area (Å²) in [6, 6.07) is 9.67. The van der Waals surface area contributed by atoms with E-state index in [1.54, 1.807) is 30.3 Å². The smallest absolute Gasteiger partial charge is 0.360 e. The summed E-state index contributed by atoms with van der Waals surface area (Å²) in [6.07, 6.45) is 3.40. The normalized spacial score (nSPS) is 12.1. The van der Waals surface area contributed by atoms with E-state index >= 15 is 0 Å². The summed E-state index contributed by atoms with van der Waals surface area (Å²) in [5, 5.41) is 15.4. The zero-order valence-corrected chi connectivity index (χ0v) is 21.0. The first-order valence-electron chi connectivity index (χ1n) is 11.2. The van der Waals surface area contributed by atoms with Crippen LogP contribution in [0.2, 0.25) is 0 Å².